The average Bonchev–Trinajstić information content (AvgIpc) is 2.08. The number of nitrogen functional groups attached to an aromatic ring is 1. The van der Waals surface area contributed by atoms with E-state index in [1.807, 2.05) is 26.1 Å². The van der Waals surface area contributed by atoms with Gasteiger partial charge in [-0.3, -0.25) is 0 Å². The summed E-state index contributed by atoms with van der Waals surface area (Å²) in [4.78, 5) is 6.53. The number of hydrogen-bond donors (Lipinski definition) is 1. The van der Waals surface area contributed by atoms with Crippen LogP contribution in [0, 0.1) is 12.8 Å². The molecule has 14 heavy (non-hydrogen) atoms. The van der Waals surface area contributed by atoms with Gasteiger partial charge in [0.25, 0.3) is 0 Å². The third-order valence-corrected chi connectivity index (χ3v) is 2.05. The fraction of sp³-hybridized carbons (Fsp3) is 0.545. The van der Waals surface area contributed by atoms with E-state index in [4.69, 9.17) is 5.73 Å². The van der Waals surface area contributed by atoms with Crippen molar-refractivity contribution in [2.75, 3.05) is 24.2 Å². The van der Waals surface area contributed by atoms with Crippen LogP contribution in [0.1, 0.15) is 19.5 Å². The van der Waals surface area contributed by atoms with Crippen molar-refractivity contribution < 1.29 is 0 Å². The first-order chi connectivity index (χ1) is 6.50. The van der Waals surface area contributed by atoms with Crippen LogP contribution in [0.4, 0.5) is 11.5 Å². The molecule has 1 heterocycles. The maximum atomic E-state index is 5.86. The predicted octanol–water partition coefficient (Wildman–Crippen LogP) is 2.06. The second-order valence-corrected chi connectivity index (χ2v) is 4.14. The van der Waals surface area contributed by atoms with E-state index in [-0.39, 0.29) is 0 Å². The van der Waals surface area contributed by atoms with Crippen molar-refractivity contribution in [1.29, 1.82) is 0 Å². The Hall–Kier alpha value is -1.25. The lowest BCUT2D eigenvalue weighted by molar-refractivity contribution is 0.635. The van der Waals surface area contributed by atoms with Crippen LogP contribution in [0.25, 0.3) is 0 Å². The molecule has 0 bridgehead atoms. The summed E-state index contributed by atoms with van der Waals surface area (Å²) in [5.74, 6) is 1.50. The van der Waals surface area contributed by atoms with E-state index in [2.05, 4.69) is 23.7 Å². The quantitative estimate of drug-likeness (QED) is 0.799. The highest BCUT2D eigenvalue weighted by atomic mass is 15.2. The number of rotatable bonds is 3. The Morgan fingerprint density at radius 3 is 2.64 bits per heavy atom. The molecule has 0 aliphatic rings. The lowest BCUT2D eigenvalue weighted by Gasteiger charge is -2.22. The second-order valence-electron chi connectivity index (χ2n) is 4.14. The minimum Gasteiger partial charge on any atom is -0.396 e. The van der Waals surface area contributed by atoms with Gasteiger partial charge in [0.1, 0.15) is 0 Å². The minimum atomic E-state index is 0.613. The van der Waals surface area contributed by atoms with Gasteiger partial charge in [-0.2, -0.15) is 0 Å². The van der Waals surface area contributed by atoms with Crippen LogP contribution in [0.2, 0.25) is 0 Å². The molecule has 2 N–H and O–H groups in total. The number of nitrogens with two attached hydrogens (primary N) is 1. The van der Waals surface area contributed by atoms with E-state index < -0.39 is 0 Å². The fourth-order valence-corrected chi connectivity index (χ4v) is 1.49. The molecule has 3 heteroatoms. The maximum Gasteiger partial charge on any atom is 0.151 e. The second kappa shape index (κ2) is 4.31. The van der Waals surface area contributed by atoms with Gasteiger partial charge in [-0.15, -0.1) is 0 Å². The van der Waals surface area contributed by atoms with Crippen molar-refractivity contribution in [3.8, 4) is 0 Å². The van der Waals surface area contributed by atoms with E-state index in [1.54, 1.807) is 0 Å². The van der Waals surface area contributed by atoms with Crippen LogP contribution in [0.3, 0.4) is 0 Å². The molecule has 3 nitrogen and oxygen atoms in total. The predicted molar refractivity (Wildman–Crippen MR) is 61.5 cm³/mol. The summed E-state index contributed by atoms with van der Waals surface area (Å²) in [5, 5.41) is 0. The molecule has 0 aromatic carbocycles. The third kappa shape index (κ3) is 2.62. The van der Waals surface area contributed by atoms with Gasteiger partial charge in [-0.1, -0.05) is 13.8 Å². The Kier molecular flexibility index (Phi) is 3.33. The Bertz CT molecular complexity index is 307. The van der Waals surface area contributed by atoms with Crippen LogP contribution < -0.4 is 10.6 Å². The normalized spacial score (nSPS) is 10.6. The molecule has 0 aliphatic carbocycles. The van der Waals surface area contributed by atoms with Crippen LogP contribution in [0.15, 0.2) is 12.1 Å². The van der Waals surface area contributed by atoms with Crippen molar-refractivity contribution >= 4 is 11.5 Å². The van der Waals surface area contributed by atoms with Crippen LogP contribution >= 0.6 is 0 Å². The first kappa shape index (κ1) is 10.8. The largest absolute Gasteiger partial charge is 0.396 e. The number of aryl methyl sites for hydroxylation is 1. The topological polar surface area (TPSA) is 42.1 Å². The van der Waals surface area contributed by atoms with Gasteiger partial charge in [-0.25, -0.2) is 4.98 Å². The summed E-state index contributed by atoms with van der Waals surface area (Å²) in [7, 11) is 2.03. The van der Waals surface area contributed by atoms with Gasteiger partial charge in [0.2, 0.25) is 0 Å². The number of pyridine rings is 1. The minimum absolute atomic E-state index is 0.613. The summed E-state index contributed by atoms with van der Waals surface area (Å²) in [5.41, 5.74) is 7.62. The van der Waals surface area contributed by atoms with E-state index >= 15 is 0 Å². The molecule has 0 amide bonds. The van der Waals surface area contributed by atoms with Crippen LogP contribution in [0.5, 0.6) is 0 Å². The fourth-order valence-electron chi connectivity index (χ4n) is 1.49. The van der Waals surface area contributed by atoms with E-state index in [1.165, 1.54) is 0 Å². The Labute approximate surface area is 85.9 Å². The highest BCUT2D eigenvalue weighted by molar-refractivity contribution is 5.62. The third-order valence-electron chi connectivity index (χ3n) is 2.05. The van der Waals surface area contributed by atoms with E-state index in [0.717, 1.165) is 23.7 Å². The molecule has 1 aromatic heterocycles. The standard InChI is InChI=1S/C11H19N3/c1-8(2)7-14(4)11-10(12)6-5-9(3)13-11/h5-6,8H,7,12H2,1-4H3. The van der Waals surface area contributed by atoms with E-state index in [9.17, 15) is 0 Å². The highest BCUT2D eigenvalue weighted by Crippen LogP contribution is 2.19. The SMILES string of the molecule is Cc1ccc(N)c(N(C)CC(C)C)n1. The van der Waals surface area contributed by atoms with E-state index in [0.29, 0.717) is 5.92 Å². The van der Waals surface area contributed by atoms with Gasteiger partial charge >= 0.3 is 0 Å². The summed E-state index contributed by atoms with van der Waals surface area (Å²) < 4.78 is 0. The molecule has 0 spiro atoms. The smallest absolute Gasteiger partial charge is 0.151 e. The van der Waals surface area contributed by atoms with Crippen molar-refractivity contribution in [3.05, 3.63) is 17.8 Å². The zero-order chi connectivity index (χ0) is 10.7. The molecule has 0 saturated carbocycles. The molecular weight excluding hydrogens is 174 g/mol. The molecule has 0 aliphatic heterocycles. The lowest BCUT2D eigenvalue weighted by Crippen LogP contribution is -2.24. The molecule has 0 radical (unpaired) electrons. The monoisotopic (exact) mass is 193 g/mol. The van der Waals surface area contributed by atoms with Gasteiger partial charge in [-0.05, 0) is 25.0 Å². The highest BCUT2D eigenvalue weighted by Gasteiger charge is 2.08. The molecular formula is C11H19N3. The van der Waals surface area contributed by atoms with Crippen molar-refractivity contribution in [3.63, 3.8) is 0 Å². The van der Waals surface area contributed by atoms with Gasteiger partial charge < -0.3 is 10.6 Å². The number of hydrogen-bond acceptors (Lipinski definition) is 3. The Morgan fingerprint density at radius 2 is 2.07 bits per heavy atom. The Morgan fingerprint density at radius 1 is 1.43 bits per heavy atom. The van der Waals surface area contributed by atoms with Crippen LogP contribution in [-0.4, -0.2) is 18.6 Å². The van der Waals surface area contributed by atoms with Crippen LogP contribution in [-0.2, 0) is 0 Å². The first-order valence-electron chi connectivity index (χ1n) is 4.95. The molecule has 0 saturated heterocycles. The summed E-state index contributed by atoms with van der Waals surface area (Å²) >= 11 is 0. The average molecular weight is 193 g/mol. The van der Waals surface area contributed by atoms with Crippen molar-refractivity contribution in [2.24, 2.45) is 5.92 Å². The van der Waals surface area contributed by atoms with Gasteiger partial charge in [0, 0.05) is 19.3 Å². The maximum absolute atomic E-state index is 5.86. The van der Waals surface area contributed by atoms with Gasteiger partial charge in [0.15, 0.2) is 5.82 Å². The Balaban J connectivity index is 2.88. The van der Waals surface area contributed by atoms with Crippen molar-refractivity contribution in [1.82, 2.24) is 4.98 Å². The van der Waals surface area contributed by atoms with Crippen molar-refractivity contribution in [2.45, 2.75) is 20.8 Å². The molecule has 0 unspecified atom stereocenters. The molecule has 0 atom stereocenters. The summed E-state index contributed by atoms with van der Waals surface area (Å²) in [6.07, 6.45) is 0. The molecule has 78 valence electrons. The molecule has 1 rings (SSSR count). The number of anilines is 2. The zero-order valence-electron chi connectivity index (χ0n) is 9.41. The molecule has 1 aromatic rings. The first-order valence-corrected chi connectivity index (χ1v) is 4.95. The lowest BCUT2D eigenvalue weighted by atomic mass is 10.2. The van der Waals surface area contributed by atoms with Gasteiger partial charge in [0.05, 0.1) is 5.69 Å². The summed E-state index contributed by atoms with van der Waals surface area (Å²) in [6, 6.07) is 3.84. The summed E-state index contributed by atoms with van der Waals surface area (Å²) in [6.45, 7) is 7.32. The number of aromatic nitrogens is 1. The zero-order valence-corrected chi connectivity index (χ0v) is 9.41. The molecule has 0 fully saturated rings. The number of nitrogens with zero attached hydrogens (tertiary/aromatic N) is 2.